The zero-order chi connectivity index (χ0) is 12.7. The summed E-state index contributed by atoms with van der Waals surface area (Å²) in [4.78, 5) is 0. The zero-order valence-corrected chi connectivity index (χ0v) is 12.2. The molecule has 0 saturated heterocycles. The van der Waals surface area contributed by atoms with Crippen LogP contribution in [0, 0.1) is 3.57 Å². The Labute approximate surface area is 119 Å². The maximum absolute atomic E-state index is 8.37. The first-order valence-electron chi connectivity index (χ1n) is 5.29. The predicted octanol–water partition coefficient (Wildman–Crippen LogP) is 3.27. The minimum atomic E-state index is 0.275. The minimum Gasteiger partial charge on any atom is -0.409 e. The molecule has 0 aliphatic rings. The molecule has 0 atom stereocenters. The Bertz CT molecular complexity index is 398. The van der Waals surface area contributed by atoms with Gasteiger partial charge < -0.3 is 16.3 Å². The van der Waals surface area contributed by atoms with Gasteiger partial charge in [0.05, 0.1) is 10.7 Å². The van der Waals surface area contributed by atoms with E-state index in [0.29, 0.717) is 6.42 Å². The third kappa shape index (κ3) is 5.45. The van der Waals surface area contributed by atoms with Crippen molar-refractivity contribution in [3.63, 3.8) is 0 Å². The molecule has 1 aromatic carbocycles. The normalized spacial score (nSPS) is 11.5. The summed E-state index contributed by atoms with van der Waals surface area (Å²) in [5.41, 5.74) is 6.31. The van der Waals surface area contributed by atoms with Crippen LogP contribution < -0.4 is 11.1 Å². The van der Waals surface area contributed by atoms with Gasteiger partial charge in [-0.05, 0) is 53.6 Å². The number of halogens is 2. The molecule has 94 valence electrons. The number of nitrogens with one attached hydrogen (secondary N) is 1. The maximum Gasteiger partial charge on any atom is 0.139 e. The zero-order valence-electron chi connectivity index (χ0n) is 9.29. The summed E-state index contributed by atoms with van der Waals surface area (Å²) >= 11 is 8.29. The number of benzene rings is 1. The highest BCUT2D eigenvalue weighted by Crippen LogP contribution is 2.23. The van der Waals surface area contributed by atoms with Gasteiger partial charge in [-0.3, -0.25) is 0 Å². The van der Waals surface area contributed by atoms with Crippen molar-refractivity contribution in [2.24, 2.45) is 10.9 Å². The van der Waals surface area contributed by atoms with Crippen LogP contribution in [0.1, 0.15) is 19.3 Å². The van der Waals surface area contributed by atoms with Gasteiger partial charge in [-0.25, -0.2) is 0 Å². The van der Waals surface area contributed by atoms with E-state index in [1.807, 2.05) is 18.2 Å². The minimum absolute atomic E-state index is 0.275. The second-order valence-electron chi connectivity index (χ2n) is 3.60. The lowest BCUT2D eigenvalue weighted by atomic mass is 10.2. The highest BCUT2D eigenvalue weighted by molar-refractivity contribution is 14.1. The molecule has 1 rings (SSSR count). The molecule has 0 amide bonds. The van der Waals surface area contributed by atoms with Gasteiger partial charge in [0, 0.05) is 16.5 Å². The van der Waals surface area contributed by atoms with Gasteiger partial charge in [0.2, 0.25) is 0 Å². The summed E-state index contributed by atoms with van der Waals surface area (Å²) in [7, 11) is 0. The molecule has 0 bridgehead atoms. The van der Waals surface area contributed by atoms with E-state index in [0.717, 1.165) is 33.7 Å². The summed E-state index contributed by atoms with van der Waals surface area (Å²) in [6.45, 7) is 0.818. The second kappa shape index (κ2) is 7.60. The van der Waals surface area contributed by atoms with Crippen molar-refractivity contribution in [3.05, 3.63) is 26.8 Å². The van der Waals surface area contributed by atoms with Crippen LogP contribution in [0.3, 0.4) is 0 Å². The topological polar surface area (TPSA) is 70.6 Å². The first kappa shape index (κ1) is 14.4. The maximum atomic E-state index is 8.37. The molecule has 4 nitrogen and oxygen atoms in total. The number of nitrogens with two attached hydrogens (primary N) is 1. The molecule has 6 heteroatoms. The molecular weight excluding hydrogens is 352 g/mol. The van der Waals surface area contributed by atoms with E-state index < -0.39 is 0 Å². The Balaban J connectivity index is 2.29. The van der Waals surface area contributed by atoms with Crippen molar-refractivity contribution in [1.82, 2.24) is 0 Å². The van der Waals surface area contributed by atoms with Crippen LogP contribution in [0.2, 0.25) is 5.02 Å². The van der Waals surface area contributed by atoms with Crippen LogP contribution in [-0.4, -0.2) is 17.6 Å². The lowest BCUT2D eigenvalue weighted by Gasteiger charge is -2.08. The molecule has 0 radical (unpaired) electrons. The largest absolute Gasteiger partial charge is 0.409 e. The second-order valence-corrected chi connectivity index (χ2v) is 5.25. The highest BCUT2D eigenvalue weighted by atomic mass is 127. The molecule has 0 unspecified atom stereocenters. The fourth-order valence-electron chi connectivity index (χ4n) is 1.34. The van der Waals surface area contributed by atoms with Crippen molar-refractivity contribution < 1.29 is 5.21 Å². The lowest BCUT2D eigenvalue weighted by molar-refractivity contribution is 0.316. The number of oxime groups is 1. The van der Waals surface area contributed by atoms with E-state index >= 15 is 0 Å². The number of amidine groups is 1. The number of anilines is 1. The van der Waals surface area contributed by atoms with Gasteiger partial charge in [-0.15, -0.1) is 0 Å². The fourth-order valence-corrected chi connectivity index (χ4v) is 2.01. The first-order chi connectivity index (χ1) is 8.13. The standard InChI is InChI=1S/C11H15ClIN3O/c12-9-5-4-8(13)7-10(9)15-6-2-1-3-11(14)16-17/h4-5,7,15,17H,1-3,6H2,(H2,14,16). The van der Waals surface area contributed by atoms with E-state index in [9.17, 15) is 0 Å². The van der Waals surface area contributed by atoms with E-state index in [2.05, 4.69) is 33.1 Å². The Morgan fingerprint density at radius 3 is 2.94 bits per heavy atom. The SMILES string of the molecule is N/C(CCCCNc1cc(I)ccc1Cl)=N/O. The Kier molecular flexibility index (Phi) is 6.43. The number of unbranched alkanes of at least 4 members (excludes halogenated alkanes) is 1. The van der Waals surface area contributed by atoms with Crippen LogP contribution in [0.5, 0.6) is 0 Å². The van der Waals surface area contributed by atoms with Gasteiger partial charge in [0.15, 0.2) is 0 Å². The summed E-state index contributed by atoms with van der Waals surface area (Å²) in [6.07, 6.45) is 2.43. The van der Waals surface area contributed by atoms with Gasteiger partial charge >= 0.3 is 0 Å². The third-order valence-corrected chi connectivity index (χ3v) is 3.23. The molecule has 17 heavy (non-hydrogen) atoms. The van der Waals surface area contributed by atoms with Crippen LogP contribution >= 0.6 is 34.2 Å². The fraction of sp³-hybridized carbons (Fsp3) is 0.364. The summed E-state index contributed by atoms with van der Waals surface area (Å²) in [5, 5.41) is 15.3. The molecule has 0 heterocycles. The van der Waals surface area contributed by atoms with E-state index in [4.69, 9.17) is 22.5 Å². The Morgan fingerprint density at radius 2 is 2.24 bits per heavy atom. The molecule has 4 N–H and O–H groups in total. The van der Waals surface area contributed by atoms with Gasteiger partial charge in [-0.1, -0.05) is 16.8 Å². The average Bonchev–Trinajstić information content (AvgIpc) is 2.32. The van der Waals surface area contributed by atoms with Gasteiger partial charge in [-0.2, -0.15) is 0 Å². The smallest absolute Gasteiger partial charge is 0.139 e. The van der Waals surface area contributed by atoms with Crippen molar-refractivity contribution in [3.8, 4) is 0 Å². The van der Waals surface area contributed by atoms with Gasteiger partial charge in [0.1, 0.15) is 5.84 Å². The van der Waals surface area contributed by atoms with E-state index in [-0.39, 0.29) is 5.84 Å². The van der Waals surface area contributed by atoms with Crippen molar-refractivity contribution >= 4 is 45.7 Å². The molecule has 0 aromatic heterocycles. The molecular formula is C11H15ClIN3O. The molecule has 0 saturated carbocycles. The number of hydrogen-bond acceptors (Lipinski definition) is 3. The number of nitrogens with zero attached hydrogens (tertiary/aromatic N) is 1. The monoisotopic (exact) mass is 367 g/mol. The van der Waals surface area contributed by atoms with Crippen LogP contribution in [0.15, 0.2) is 23.4 Å². The molecule has 0 aliphatic carbocycles. The molecule has 1 aromatic rings. The summed E-state index contributed by atoms with van der Waals surface area (Å²) < 4.78 is 1.14. The lowest BCUT2D eigenvalue weighted by Crippen LogP contribution is -2.12. The van der Waals surface area contributed by atoms with E-state index in [1.165, 1.54) is 0 Å². The summed E-state index contributed by atoms with van der Waals surface area (Å²) in [6, 6.07) is 5.85. The first-order valence-corrected chi connectivity index (χ1v) is 6.74. The van der Waals surface area contributed by atoms with Crippen LogP contribution in [0.25, 0.3) is 0 Å². The number of hydrogen-bond donors (Lipinski definition) is 3. The van der Waals surface area contributed by atoms with E-state index in [1.54, 1.807) is 0 Å². The third-order valence-electron chi connectivity index (χ3n) is 2.23. The van der Waals surface area contributed by atoms with Crippen LogP contribution in [0.4, 0.5) is 5.69 Å². The molecule has 0 aliphatic heterocycles. The molecule has 0 fully saturated rings. The number of rotatable bonds is 6. The quantitative estimate of drug-likeness (QED) is 0.180. The van der Waals surface area contributed by atoms with Crippen LogP contribution in [-0.2, 0) is 0 Å². The Hall–Kier alpha value is -0.690. The molecule has 0 spiro atoms. The Morgan fingerprint density at radius 1 is 1.47 bits per heavy atom. The van der Waals surface area contributed by atoms with Crippen molar-refractivity contribution in [2.75, 3.05) is 11.9 Å². The average molecular weight is 368 g/mol. The van der Waals surface area contributed by atoms with Gasteiger partial charge in [0.25, 0.3) is 0 Å². The van der Waals surface area contributed by atoms with Crippen molar-refractivity contribution in [1.29, 1.82) is 0 Å². The highest BCUT2D eigenvalue weighted by Gasteiger charge is 2.00. The van der Waals surface area contributed by atoms with Crippen molar-refractivity contribution in [2.45, 2.75) is 19.3 Å². The summed E-state index contributed by atoms with van der Waals surface area (Å²) in [5.74, 6) is 0.275. The predicted molar refractivity (Wildman–Crippen MR) is 79.9 cm³/mol.